The van der Waals surface area contributed by atoms with Gasteiger partial charge >= 0.3 is 0 Å². The molecule has 3 amide bonds. The molecule has 5 aliphatic rings. The number of rotatable bonds is 4. The van der Waals surface area contributed by atoms with Crippen molar-refractivity contribution in [3.63, 3.8) is 0 Å². The molecule has 8 heteroatoms. The maximum absolute atomic E-state index is 13.0. The van der Waals surface area contributed by atoms with Crippen LogP contribution in [-0.2, 0) is 20.9 Å². The SMILES string of the molecule is O=C1CCC(N2Cc3cc(N[C@H]4CCCC[C@@H]4N4CCC5(CC4)COC5)ccc3C2=O)C(=O)N1. The Bertz CT molecular complexity index is 997. The topological polar surface area (TPSA) is 91.0 Å². The smallest absolute Gasteiger partial charge is 0.255 e. The van der Waals surface area contributed by atoms with Crippen molar-refractivity contribution in [3.05, 3.63) is 29.3 Å². The van der Waals surface area contributed by atoms with Gasteiger partial charge in [-0.15, -0.1) is 0 Å². The number of carbonyl (C=O) groups excluding carboxylic acids is 3. The van der Waals surface area contributed by atoms with Gasteiger partial charge in [-0.25, -0.2) is 0 Å². The second-order valence-electron chi connectivity index (χ2n) is 10.9. The summed E-state index contributed by atoms with van der Waals surface area (Å²) in [7, 11) is 0. The van der Waals surface area contributed by atoms with Crippen LogP contribution in [0.1, 0.15) is 67.3 Å². The summed E-state index contributed by atoms with van der Waals surface area (Å²) < 4.78 is 5.50. The molecule has 4 heterocycles. The highest BCUT2D eigenvalue weighted by atomic mass is 16.5. The normalized spacial score (nSPS) is 31.2. The number of imide groups is 1. The van der Waals surface area contributed by atoms with Crippen LogP contribution in [0.5, 0.6) is 0 Å². The first-order chi connectivity index (χ1) is 16.5. The first kappa shape index (κ1) is 22.0. The molecule has 0 radical (unpaired) electrons. The van der Waals surface area contributed by atoms with Gasteiger partial charge in [0.05, 0.1) is 13.2 Å². The molecule has 1 aromatic rings. The Hall–Kier alpha value is -2.45. The van der Waals surface area contributed by atoms with Crippen molar-refractivity contribution in [2.24, 2.45) is 5.41 Å². The van der Waals surface area contributed by atoms with Gasteiger partial charge in [0, 0.05) is 41.7 Å². The van der Waals surface area contributed by atoms with Crippen LogP contribution in [-0.4, -0.2) is 72.0 Å². The Morgan fingerprint density at radius 3 is 2.56 bits per heavy atom. The molecule has 6 rings (SSSR count). The van der Waals surface area contributed by atoms with Crippen molar-refractivity contribution in [1.82, 2.24) is 15.1 Å². The van der Waals surface area contributed by atoms with Crippen molar-refractivity contribution in [1.29, 1.82) is 0 Å². The number of piperidine rings is 2. The minimum Gasteiger partial charge on any atom is -0.381 e. The van der Waals surface area contributed by atoms with E-state index in [2.05, 4.69) is 21.6 Å². The lowest BCUT2D eigenvalue weighted by molar-refractivity contribution is -0.143. The predicted molar refractivity (Wildman–Crippen MR) is 126 cm³/mol. The first-order valence-electron chi connectivity index (χ1n) is 12.9. The predicted octanol–water partition coefficient (Wildman–Crippen LogP) is 2.28. The second kappa shape index (κ2) is 8.64. The van der Waals surface area contributed by atoms with Crippen LogP contribution in [0.25, 0.3) is 0 Å². The summed E-state index contributed by atoms with van der Waals surface area (Å²) in [4.78, 5) is 41.1. The fourth-order valence-electron chi connectivity index (χ4n) is 6.60. The Morgan fingerprint density at radius 2 is 1.82 bits per heavy atom. The van der Waals surface area contributed by atoms with Crippen molar-refractivity contribution in [3.8, 4) is 0 Å². The third-order valence-corrected chi connectivity index (χ3v) is 8.75. The van der Waals surface area contributed by atoms with E-state index in [4.69, 9.17) is 4.74 Å². The largest absolute Gasteiger partial charge is 0.381 e. The molecule has 4 aliphatic heterocycles. The molecule has 1 unspecified atom stereocenters. The standard InChI is InChI=1S/C26H34N4O4/c31-23-8-7-22(24(32)28-23)30-14-17-13-18(5-6-19(17)25(30)33)27-20-3-1-2-4-21(20)29-11-9-26(10-12-29)15-34-16-26/h5-6,13,20-22,27H,1-4,7-12,14-16H2,(H,28,31,32)/t20-,21-,22?/m0/s1. The van der Waals surface area contributed by atoms with E-state index < -0.39 is 6.04 Å². The summed E-state index contributed by atoms with van der Waals surface area (Å²) in [6.07, 6.45) is 8.07. The first-order valence-corrected chi connectivity index (χ1v) is 12.9. The molecule has 2 N–H and O–H groups in total. The highest BCUT2D eigenvalue weighted by molar-refractivity contribution is 6.05. The van der Waals surface area contributed by atoms with E-state index in [1.165, 1.54) is 32.1 Å². The summed E-state index contributed by atoms with van der Waals surface area (Å²) >= 11 is 0. The van der Waals surface area contributed by atoms with Crippen molar-refractivity contribution in [2.75, 3.05) is 31.6 Å². The summed E-state index contributed by atoms with van der Waals surface area (Å²) in [6, 6.07) is 6.36. The number of anilines is 1. The van der Waals surface area contributed by atoms with Gasteiger partial charge < -0.3 is 15.0 Å². The lowest BCUT2D eigenvalue weighted by Crippen LogP contribution is -2.56. The molecule has 1 saturated carbocycles. The minimum atomic E-state index is -0.569. The van der Waals surface area contributed by atoms with Crippen LogP contribution in [0.2, 0.25) is 0 Å². The Kier molecular flexibility index (Phi) is 5.60. The Labute approximate surface area is 200 Å². The molecule has 0 aromatic heterocycles. The van der Waals surface area contributed by atoms with E-state index in [0.717, 1.165) is 44.0 Å². The Balaban J connectivity index is 1.13. The lowest BCUT2D eigenvalue weighted by Gasteiger charge is -2.50. The van der Waals surface area contributed by atoms with Gasteiger partial charge in [-0.2, -0.15) is 0 Å². The monoisotopic (exact) mass is 466 g/mol. The van der Waals surface area contributed by atoms with Crippen LogP contribution >= 0.6 is 0 Å². The number of ether oxygens (including phenoxy) is 1. The van der Waals surface area contributed by atoms with Gasteiger partial charge in [-0.05, 0) is 69.0 Å². The summed E-state index contributed by atoms with van der Waals surface area (Å²) in [6.45, 7) is 4.62. The van der Waals surface area contributed by atoms with E-state index in [0.29, 0.717) is 36.0 Å². The summed E-state index contributed by atoms with van der Waals surface area (Å²) in [5, 5.41) is 6.18. The quantitative estimate of drug-likeness (QED) is 0.662. The Morgan fingerprint density at radius 1 is 1.03 bits per heavy atom. The number of nitrogens with one attached hydrogen (secondary N) is 2. The number of nitrogens with zero attached hydrogens (tertiary/aromatic N) is 2. The number of benzene rings is 1. The van der Waals surface area contributed by atoms with Crippen LogP contribution in [0.15, 0.2) is 18.2 Å². The van der Waals surface area contributed by atoms with Crippen molar-refractivity contribution < 1.29 is 19.1 Å². The highest BCUT2D eigenvalue weighted by Crippen LogP contribution is 2.40. The van der Waals surface area contributed by atoms with E-state index in [9.17, 15) is 14.4 Å². The third-order valence-electron chi connectivity index (χ3n) is 8.75. The lowest BCUT2D eigenvalue weighted by atomic mass is 9.75. The fraction of sp³-hybridized carbons (Fsp3) is 0.654. The number of amides is 3. The van der Waals surface area contributed by atoms with Gasteiger partial charge in [0.1, 0.15) is 6.04 Å². The van der Waals surface area contributed by atoms with Crippen LogP contribution in [0.3, 0.4) is 0 Å². The van der Waals surface area contributed by atoms with Gasteiger partial charge in [0.15, 0.2) is 0 Å². The summed E-state index contributed by atoms with van der Waals surface area (Å²) in [5.41, 5.74) is 3.13. The van der Waals surface area contributed by atoms with Gasteiger partial charge in [-0.3, -0.25) is 24.6 Å². The van der Waals surface area contributed by atoms with Crippen LogP contribution in [0.4, 0.5) is 5.69 Å². The molecular weight excluding hydrogens is 432 g/mol. The van der Waals surface area contributed by atoms with E-state index >= 15 is 0 Å². The number of likely N-dealkylation sites (tertiary alicyclic amines) is 1. The van der Waals surface area contributed by atoms with Crippen molar-refractivity contribution >= 4 is 23.4 Å². The maximum Gasteiger partial charge on any atom is 0.255 e. The van der Waals surface area contributed by atoms with E-state index in [-0.39, 0.29) is 24.1 Å². The van der Waals surface area contributed by atoms with E-state index in [1.807, 2.05) is 12.1 Å². The average Bonchev–Trinajstić information content (AvgIpc) is 3.14. The highest BCUT2D eigenvalue weighted by Gasteiger charge is 2.44. The zero-order chi connectivity index (χ0) is 23.3. The molecule has 1 aliphatic carbocycles. The molecule has 1 spiro atoms. The molecule has 34 heavy (non-hydrogen) atoms. The zero-order valence-corrected chi connectivity index (χ0v) is 19.7. The van der Waals surface area contributed by atoms with Crippen LogP contribution < -0.4 is 10.6 Å². The molecule has 182 valence electrons. The number of carbonyl (C=O) groups is 3. The second-order valence-corrected chi connectivity index (χ2v) is 10.9. The molecule has 1 aromatic carbocycles. The molecule has 8 nitrogen and oxygen atoms in total. The number of fused-ring (bicyclic) bond motifs is 1. The minimum absolute atomic E-state index is 0.117. The maximum atomic E-state index is 13.0. The molecule has 3 saturated heterocycles. The molecule has 3 atom stereocenters. The third kappa shape index (κ3) is 3.90. The summed E-state index contributed by atoms with van der Waals surface area (Å²) in [5.74, 6) is -0.741. The zero-order valence-electron chi connectivity index (χ0n) is 19.7. The van der Waals surface area contributed by atoms with Gasteiger partial charge in [0.2, 0.25) is 11.8 Å². The number of hydrogen-bond donors (Lipinski definition) is 2. The average molecular weight is 467 g/mol. The van der Waals surface area contributed by atoms with Crippen LogP contribution in [0, 0.1) is 5.41 Å². The molecule has 4 fully saturated rings. The molecule has 0 bridgehead atoms. The van der Waals surface area contributed by atoms with Crippen molar-refractivity contribution in [2.45, 2.75) is 76.0 Å². The molecular formula is C26H34N4O4. The van der Waals surface area contributed by atoms with Gasteiger partial charge in [0.25, 0.3) is 5.91 Å². The van der Waals surface area contributed by atoms with Gasteiger partial charge in [-0.1, -0.05) is 12.8 Å². The fourth-order valence-corrected chi connectivity index (χ4v) is 6.60. The van der Waals surface area contributed by atoms with E-state index in [1.54, 1.807) is 4.90 Å². The number of hydrogen-bond acceptors (Lipinski definition) is 6.